The number of hydrogen-bond acceptors (Lipinski definition) is 5. The van der Waals surface area contributed by atoms with Crippen molar-refractivity contribution in [2.75, 3.05) is 19.4 Å². The van der Waals surface area contributed by atoms with Crippen LogP contribution in [0.15, 0.2) is 24.3 Å². The minimum absolute atomic E-state index is 0.0943. The molecule has 1 aromatic heterocycles. The fraction of sp³-hybridized carbons (Fsp3) is 0.308. The van der Waals surface area contributed by atoms with Crippen LogP contribution >= 0.6 is 22.9 Å². The Labute approximate surface area is 126 Å². The number of anilines is 1. The number of carbonyl (C=O) groups excluding carboxylic acids is 1. The van der Waals surface area contributed by atoms with Gasteiger partial charge < -0.3 is 10.2 Å². The van der Waals surface area contributed by atoms with Gasteiger partial charge in [-0.2, -0.15) is 0 Å². The maximum Gasteiger partial charge on any atom is 0.285 e. The van der Waals surface area contributed by atoms with Gasteiger partial charge in [0.15, 0.2) is 0 Å². The van der Waals surface area contributed by atoms with Gasteiger partial charge in [-0.15, -0.1) is 10.2 Å². The molecule has 2 rings (SSSR count). The van der Waals surface area contributed by atoms with Crippen molar-refractivity contribution >= 4 is 34.0 Å². The Morgan fingerprint density at radius 1 is 1.45 bits per heavy atom. The van der Waals surface area contributed by atoms with Crippen molar-refractivity contribution in [1.29, 1.82) is 0 Å². The third kappa shape index (κ3) is 3.08. The number of amides is 1. The Kier molecular flexibility index (Phi) is 4.57. The summed E-state index contributed by atoms with van der Waals surface area (Å²) in [6.45, 7) is 1.95. The summed E-state index contributed by atoms with van der Waals surface area (Å²) in [4.78, 5) is 14.0. The largest absolute Gasteiger partial charge is 0.363 e. The average molecular weight is 311 g/mol. The lowest BCUT2D eigenvalue weighted by molar-refractivity contribution is 0.0741. The summed E-state index contributed by atoms with van der Waals surface area (Å²) < 4.78 is 0. The van der Waals surface area contributed by atoms with E-state index < -0.39 is 0 Å². The van der Waals surface area contributed by atoms with Gasteiger partial charge in [-0.3, -0.25) is 4.79 Å². The Hall–Kier alpha value is -1.66. The van der Waals surface area contributed by atoms with Gasteiger partial charge in [-0.1, -0.05) is 35.1 Å². The molecule has 7 heteroatoms. The fourth-order valence-corrected chi connectivity index (χ4v) is 2.61. The SMILES string of the molecule is CNc1nnc(C(=O)N(C)C(C)c2cccc(Cl)c2)s1. The number of halogens is 1. The van der Waals surface area contributed by atoms with Gasteiger partial charge in [0.2, 0.25) is 10.1 Å². The number of hydrogen-bond donors (Lipinski definition) is 1. The minimum atomic E-state index is -0.156. The topological polar surface area (TPSA) is 58.1 Å². The highest BCUT2D eigenvalue weighted by atomic mass is 35.5. The molecule has 5 nitrogen and oxygen atoms in total. The first kappa shape index (κ1) is 14.7. The van der Waals surface area contributed by atoms with Gasteiger partial charge in [0.05, 0.1) is 6.04 Å². The van der Waals surface area contributed by atoms with Crippen molar-refractivity contribution in [3.63, 3.8) is 0 Å². The van der Waals surface area contributed by atoms with Crippen molar-refractivity contribution in [3.8, 4) is 0 Å². The van der Waals surface area contributed by atoms with Crippen LogP contribution < -0.4 is 5.32 Å². The van der Waals surface area contributed by atoms with Gasteiger partial charge in [-0.25, -0.2) is 0 Å². The predicted octanol–water partition coefficient (Wildman–Crippen LogP) is 3.07. The van der Waals surface area contributed by atoms with Crippen LogP contribution in [0, 0.1) is 0 Å². The standard InChI is InChI=1S/C13H15ClN4OS/c1-8(9-5-4-6-10(14)7-9)18(3)12(19)11-16-17-13(15-2)20-11/h4-8H,1-3H3,(H,15,17). The molecule has 1 heterocycles. The Morgan fingerprint density at radius 2 is 2.20 bits per heavy atom. The highest BCUT2D eigenvalue weighted by Gasteiger charge is 2.22. The number of benzene rings is 1. The quantitative estimate of drug-likeness (QED) is 0.943. The lowest BCUT2D eigenvalue weighted by Crippen LogP contribution is -2.29. The third-order valence-electron chi connectivity index (χ3n) is 3.05. The van der Waals surface area contributed by atoms with Crippen molar-refractivity contribution in [1.82, 2.24) is 15.1 Å². The monoisotopic (exact) mass is 310 g/mol. The molecule has 1 unspecified atom stereocenters. The number of carbonyl (C=O) groups is 1. The van der Waals surface area contributed by atoms with Crippen LogP contribution in [0.5, 0.6) is 0 Å². The van der Waals surface area contributed by atoms with Gasteiger partial charge in [0.25, 0.3) is 5.91 Å². The van der Waals surface area contributed by atoms with Crippen LogP contribution in [-0.4, -0.2) is 35.1 Å². The second-order valence-corrected chi connectivity index (χ2v) is 5.72. The van der Waals surface area contributed by atoms with Gasteiger partial charge >= 0.3 is 0 Å². The summed E-state index contributed by atoms with van der Waals surface area (Å²) >= 11 is 7.21. The summed E-state index contributed by atoms with van der Waals surface area (Å²) in [5, 5.41) is 12.3. The Morgan fingerprint density at radius 3 is 2.80 bits per heavy atom. The van der Waals surface area contributed by atoms with E-state index in [1.807, 2.05) is 31.2 Å². The molecule has 0 saturated heterocycles. The van der Waals surface area contributed by atoms with Gasteiger partial charge in [0, 0.05) is 19.1 Å². The average Bonchev–Trinajstić information content (AvgIpc) is 2.93. The molecule has 0 radical (unpaired) electrons. The third-order valence-corrected chi connectivity index (χ3v) is 4.22. The molecule has 1 N–H and O–H groups in total. The molecule has 0 saturated carbocycles. The van der Waals surface area contributed by atoms with Crippen LogP contribution in [-0.2, 0) is 0 Å². The molecule has 1 aromatic carbocycles. The highest BCUT2D eigenvalue weighted by Crippen LogP contribution is 2.24. The number of nitrogens with one attached hydrogen (secondary N) is 1. The molecular weight excluding hydrogens is 296 g/mol. The van der Waals surface area contributed by atoms with Crippen molar-refractivity contribution in [2.45, 2.75) is 13.0 Å². The lowest BCUT2D eigenvalue weighted by atomic mass is 10.1. The number of rotatable bonds is 4. The molecular formula is C13H15ClN4OS. The molecule has 0 spiro atoms. The fourth-order valence-electron chi connectivity index (χ4n) is 1.73. The Bertz CT molecular complexity index is 616. The van der Waals surface area contributed by atoms with E-state index in [1.165, 1.54) is 11.3 Å². The molecule has 106 valence electrons. The van der Waals surface area contributed by atoms with Crippen LogP contribution in [0.1, 0.15) is 28.3 Å². The summed E-state index contributed by atoms with van der Waals surface area (Å²) in [5.74, 6) is -0.156. The molecule has 0 bridgehead atoms. The zero-order valence-corrected chi connectivity index (χ0v) is 13.0. The van der Waals surface area contributed by atoms with E-state index in [0.717, 1.165) is 5.56 Å². The maximum atomic E-state index is 12.3. The van der Waals surface area contributed by atoms with E-state index in [4.69, 9.17) is 11.6 Å². The van der Waals surface area contributed by atoms with Crippen LogP contribution in [0.3, 0.4) is 0 Å². The lowest BCUT2D eigenvalue weighted by Gasteiger charge is -2.24. The zero-order valence-electron chi connectivity index (χ0n) is 11.4. The summed E-state index contributed by atoms with van der Waals surface area (Å²) in [6.07, 6.45) is 0. The van der Waals surface area contributed by atoms with Gasteiger partial charge in [-0.05, 0) is 24.6 Å². The summed E-state index contributed by atoms with van der Waals surface area (Å²) in [5.41, 5.74) is 0.978. The number of nitrogens with zero attached hydrogens (tertiary/aromatic N) is 3. The predicted molar refractivity (Wildman–Crippen MR) is 81.4 cm³/mol. The van der Waals surface area contributed by atoms with Crippen molar-refractivity contribution in [2.24, 2.45) is 0 Å². The van der Waals surface area contributed by atoms with Crippen LogP contribution in [0.2, 0.25) is 5.02 Å². The smallest absolute Gasteiger partial charge is 0.285 e. The van der Waals surface area contributed by atoms with E-state index in [2.05, 4.69) is 15.5 Å². The van der Waals surface area contributed by atoms with E-state index in [9.17, 15) is 4.79 Å². The first-order chi connectivity index (χ1) is 9.52. The first-order valence-electron chi connectivity index (χ1n) is 6.06. The van der Waals surface area contributed by atoms with E-state index in [0.29, 0.717) is 15.2 Å². The number of aromatic nitrogens is 2. The summed E-state index contributed by atoms with van der Waals surface area (Å²) in [6, 6.07) is 7.39. The normalized spacial score (nSPS) is 12.0. The zero-order chi connectivity index (χ0) is 14.7. The Balaban J connectivity index is 2.17. The molecule has 2 aromatic rings. The van der Waals surface area contributed by atoms with E-state index >= 15 is 0 Å². The van der Waals surface area contributed by atoms with Crippen LogP contribution in [0.25, 0.3) is 0 Å². The maximum absolute atomic E-state index is 12.3. The molecule has 0 aliphatic carbocycles. The molecule has 1 atom stereocenters. The second-order valence-electron chi connectivity index (χ2n) is 4.31. The van der Waals surface area contributed by atoms with Crippen LogP contribution in [0.4, 0.5) is 5.13 Å². The first-order valence-corrected chi connectivity index (χ1v) is 7.26. The van der Waals surface area contributed by atoms with Gasteiger partial charge in [0.1, 0.15) is 0 Å². The molecule has 0 aliphatic heterocycles. The molecule has 0 fully saturated rings. The van der Waals surface area contributed by atoms with E-state index in [-0.39, 0.29) is 11.9 Å². The molecule has 1 amide bonds. The van der Waals surface area contributed by atoms with E-state index in [1.54, 1.807) is 19.0 Å². The van der Waals surface area contributed by atoms with Crippen molar-refractivity contribution < 1.29 is 4.79 Å². The summed E-state index contributed by atoms with van der Waals surface area (Å²) in [7, 11) is 3.49. The molecule has 0 aliphatic rings. The highest BCUT2D eigenvalue weighted by molar-refractivity contribution is 7.17. The second kappa shape index (κ2) is 6.19. The van der Waals surface area contributed by atoms with Crippen molar-refractivity contribution in [3.05, 3.63) is 39.9 Å². The molecule has 20 heavy (non-hydrogen) atoms. The minimum Gasteiger partial charge on any atom is -0.363 e.